The molecule has 1 fully saturated rings. The first-order valence-electron chi connectivity index (χ1n) is 10.6. The lowest BCUT2D eigenvalue weighted by Gasteiger charge is -2.36. The van der Waals surface area contributed by atoms with Crippen molar-refractivity contribution in [1.29, 1.82) is 0 Å². The van der Waals surface area contributed by atoms with E-state index in [1.54, 1.807) is 11.3 Å². The summed E-state index contributed by atoms with van der Waals surface area (Å²) in [6.45, 7) is 8.17. The molecule has 1 atom stereocenters. The number of aryl methyl sites for hydroxylation is 1. The fraction of sp³-hybridized carbons (Fsp3) is 0.522. The van der Waals surface area contributed by atoms with Crippen LogP contribution in [0.25, 0.3) is 0 Å². The van der Waals surface area contributed by atoms with Gasteiger partial charge in [-0.05, 0) is 55.9 Å². The van der Waals surface area contributed by atoms with Crippen LogP contribution in [0.3, 0.4) is 0 Å². The molecule has 2 heterocycles. The number of nitrogens with zero attached hydrogens (tertiary/aromatic N) is 2. The molecule has 5 heteroatoms. The minimum atomic E-state index is 0.213. The molecule has 1 saturated heterocycles. The maximum absolute atomic E-state index is 13.1. The standard InChI is InChI=1S/C23H30N2O2S/c1-3-17-9-10-21-18(15-17)16-22(28-21)23(26)25-13-11-24(12-14-25)19-7-5-6-8-20(19)27-4-2/h5-8,16-17H,3-4,9-15H2,1-2H3/t17-/m0/s1. The molecule has 2 aromatic rings. The maximum atomic E-state index is 13.1. The Bertz CT molecular complexity index is 824. The molecule has 1 aliphatic carbocycles. The number of carbonyl (C=O) groups is 1. The highest BCUT2D eigenvalue weighted by atomic mass is 32.1. The normalized spacial score (nSPS) is 19.4. The average molecular weight is 399 g/mol. The van der Waals surface area contributed by atoms with E-state index in [9.17, 15) is 4.79 Å². The highest BCUT2D eigenvalue weighted by Gasteiger charge is 2.27. The van der Waals surface area contributed by atoms with Crippen molar-refractivity contribution in [2.75, 3.05) is 37.7 Å². The SMILES string of the molecule is CCOc1ccccc1N1CCN(C(=O)c2cc3c(s2)CC[C@H](CC)C3)CC1. The first kappa shape index (κ1) is 19.3. The van der Waals surface area contributed by atoms with E-state index in [2.05, 4.69) is 30.0 Å². The van der Waals surface area contributed by atoms with E-state index in [1.165, 1.54) is 23.3 Å². The van der Waals surface area contributed by atoms with Gasteiger partial charge in [-0.2, -0.15) is 0 Å². The number of carbonyl (C=O) groups excluding carboxylic acids is 1. The number of fused-ring (bicyclic) bond motifs is 1. The molecule has 0 bridgehead atoms. The van der Waals surface area contributed by atoms with Crippen molar-refractivity contribution in [3.05, 3.63) is 45.6 Å². The van der Waals surface area contributed by atoms with E-state index in [0.29, 0.717) is 6.61 Å². The Morgan fingerprint density at radius 3 is 2.71 bits per heavy atom. The van der Waals surface area contributed by atoms with Gasteiger partial charge in [-0.1, -0.05) is 25.5 Å². The van der Waals surface area contributed by atoms with Crippen LogP contribution in [0.1, 0.15) is 46.8 Å². The van der Waals surface area contributed by atoms with Crippen molar-refractivity contribution in [3.63, 3.8) is 0 Å². The van der Waals surface area contributed by atoms with Gasteiger partial charge in [0.25, 0.3) is 5.91 Å². The molecule has 0 N–H and O–H groups in total. The van der Waals surface area contributed by atoms with Gasteiger partial charge in [0.1, 0.15) is 5.75 Å². The molecule has 28 heavy (non-hydrogen) atoms. The number of hydrogen-bond donors (Lipinski definition) is 0. The van der Waals surface area contributed by atoms with Crippen molar-refractivity contribution >= 4 is 22.9 Å². The Morgan fingerprint density at radius 2 is 1.96 bits per heavy atom. The van der Waals surface area contributed by atoms with Crippen molar-refractivity contribution in [3.8, 4) is 5.75 Å². The van der Waals surface area contributed by atoms with E-state index in [1.807, 2.05) is 24.0 Å². The summed E-state index contributed by atoms with van der Waals surface area (Å²) in [5.74, 6) is 1.94. The number of thiophene rings is 1. The predicted molar refractivity (Wildman–Crippen MR) is 116 cm³/mol. The number of piperazine rings is 1. The van der Waals surface area contributed by atoms with Gasteiger partial charge in [0, 0.05) is 31.1 Å². The smallest absolute Gasteiger partial charge is 0.264 e. The lowest BCUT2D eigenvalue weighted by Crippen LogP contribution is -2.48. The van der Waals surface area contributed by atoms with Crippen molar-refractivity contribution in [2.45, 2.75) is 39.5 Å². The molecule has 4 rings (SSSR count). The summed E-state index contributed by atoms with van der Waals surface area (Å²) >= 11 is 1.73. The van der Waals surface area contributed by atoms with E-state index in [0.717, 1.165) is 61.3 Å². The molecule has 1 aromatic heterocycles. The van der Waals surface area contributed by atoms with Gasteiger partial charge in [0.2, 0.25) is 0 Å². The van der Waals surface area contributed by atoms with Crippen LogP contribution in [0, 0.1) is 5.92 Å². The Hall–Kier alpha value is -2.01. The molecule has 1 amide bonds. The predicted octanol–water partition coefficient (Wildman–Crippen LogP) is 4.62. The van der Waals surface area contributed by atoms with Gasteiger partial charge in [0.15, 0.2) is 0 Å². The van der Waals surface area contributed by atoms with Crippen molar-refractivity contribution in [2.24, 2.45) is 5.92 Å². The minimum absolute atomic E-state index is 0.213. The average Bonchev–Trinajstić information content (AvgIpc) is 3.17. The molecule has 0 spiro atoms. The summed E-state index contributed by atoms with van der Waals surface area (Å²) in [7, 11) is 0. The van der Waals surface area contributed by atoms with Gasteiger partial charge < -0.3 is 14.5 Å². The fourth-order valence-corrected chi connectivity index (χ4v) is 5.53. The summed E-state index contributed by atoms with van der Waals surface area (Å²) in [6.07, 6.45) is 4.81. The highest BCUT2D eigenvalue weighted by Crippen LogP contribution is 2.34. The Kier molecular flexibility index (Phi) is 5.90. The van der Waals surface area contributed by atoms with Gasteiger partial charge in [0.05, 0.1) is 17.2 Å². The van der Waals surface area contributed by atoms with Crippen LogP contribution in [0.2, 0.25) is 0 Å². The summed E-state index contributed by atoms with van der Waals surface area (Å²) < 4.78 is 5.78. The lowest BCUT2D eigenvalue weighted by molar-refractivity contribution is 0.0751. The second kappa shape index (κ2) is 8.56. The van der Waals surface area contributed by atoms with Gasteiger partial charge in [-0.15, -0.1) is 11.3 Å². The summed E-state index contributed by atoms with van der Waals surface area (Å²) in [6, 6.07) is 10.4. The third kappa shape index (κ3) is 3.90. The molecule has 0 radical (unpaired) electrons. The number of ether oxygens (including phenoxy) is 1. The monoisotopic (exact) mass is 398 g/mol. The number of para-hydroxylation sites is 2. The Labute approximate surface area is 172 Å². The zero-order valence-corrected chi connectivity index (χ0v) is 17.8. The van der Waals surface area contributed by atoms with Crippen LogP contribution in [-0.4, -0.2) is 43.6 Å². The Morgan fingerprint density at radius 1 is 1.18 bits per heavy atom. The molecule has 150 valence electrons. The maximum Gasteiger partial charge on any atom is 0.264 e. The van der Waals surface area contributed by atoms with E-state index in [-0.39, 0.29) is 5.91 Å². The number of benzene rings is 1. The van der Waals surface area contributed by atoms with Crippen LogP contribution >= 0.6 is 11.3 Å². The fourth-order valence-electron chi connectivity index (χ4n) is 4.36. The largest absolute Gasteiger partial charge is 0.492 e. The van der Waals surface area contributed by atoms with Crippen molar-refractivity contribution < 1.29 is 9.53 Å². The molecule has 0 saturated carbocycles. The lowest BCUT2D eigenvalue weighted by atomic mass is 9.87. The van der Waals surface area contributed by atoms with E-state index in [4.69, 9.17) is 4.74 Å². The van der Waals surface area contributed by atoms with Gasteiger partial charge >= 0.3 is 0 Å². The van der Waals surface area contributed by atoms with Crippen LogP contribution in [0.15, 0.2) is 30.3 Å². The van der Waals surface area contributed by atoms with Gasteiger partial charge in [-0.25, -0.2) is 0 Å². The summed E-state index contributed by atoms with van der Waals surface area (Å²) in [4.78, 5) is 19.8. The number of amides is 1. The molecule has 4 nitrogen and oxygen atoms in total. The highest BCUT2D eigenvalue weighted by molar-refractivity contribution is 7.14. The van der Waals surface area contributed by atoms with E-state index < -0.39 is 0 Å². The quantitative estimate of drug-likeness (QED) is 0.736. The van der Waals surface area contributed by atoms with Crippen LogP contribution in [0.5, 0.6) is 5.75 Å². The summed E-state index contributed by atoms with van der Waals surface area (Å²) in [5, 5.41) is 0. The molecular formula is C23H30N2O2S. The van der Waals surface area contributed by atoms with E-state index >= 15 is 0 Å². The first-order chi connectivity index (χ1) is 13.7. The summed E-state index contributed by atoms with van der Waals surface area (Å²) in [5.41, 5.74) is 2.56. The Balaban J connectivity index is 1.41. The minimum Gasteiger partial charge on any atom is -0.492 e. The molecule has 0 unspecified atom stereocenters. The number of hydrogen-bond acceptors (Lipinski definition) is 4. The van der Waals surface area contributed by atoms with Gasteiger partial charge in [-0.3, -0.25) is 4.79 Å². The molecular weight excluding hydrogens is 368 g/mol. The van der Waals surface area contributed by atoms with Crippen LogP contribution in [-0.2, 0) is 12.8 Å². The van der Waals surface area contributed by atoms with Crippen LogP contribution < -0.4 is 9.64 Å². The second-order valence-corrected chi connectivity index (χ2v) is 8.89. The molecule has 1 aliphatic heterocycles. The number of rotatable bonds is 5. The number of anilines is 1. The first-order valence-corrected chi connectivity index (χ1v) is 11.4. The van der Waals surface area contributed by atoms with Crippen molar-refractivity contribution in [1.82, 2.24) is 4.90 Å². The zero-order chi connectivity index (χ0) is 19.5. The third-order valence-corrected chi connectivity index (χ3v) is 7.27. The third-order valence-electron chi connectivity index (χ3n) is 6.05. The zero-order valence-electron chi connectivity index (χ0n) is 16.9. The second-order valence-electron chi connectivity index (χ2n) is 7.76. The molecule has 1 aromatic carbocycles. The van der Waals surface area contributed by atoms with Crippen LogP contribution in [0.4, 0.5) is 5.69 Å². The molecule has 2 aliphatic rings. The topological polar surface area (TPSA) is 32.8 Å².